The third-order valence-electron chi connectivity index (χ3n) is 1.60. The van der Waals surface area contributed by atoms with E-state index in [4.69, 9.17) is 16.0 Å². The van der Waals surface area contributed by atoms with E-state index < -0.39 is 8.32 Å². The van der Waals surface area contributed by atoms with Crippen LogP contribution in [-0.2, 0) is 0 Å². The van der Waals surface area contributed by atoms with Crippen LogP contribution in [-0.4, -0.2) is 14.6 Å². The molecule has 5 heteroatoms. The molecule has 1 rings (SSSR count). The van der Waals surface area contributed by atoms with Crippen molar-refractivity contribution in [3.8, 4) is 5.75 Å². The van der Waals surface area contributed by atoms with Crippen LogP contribution in [0.4, 0.5) is 0 Å². The first-order valence-electron chi connectivity index (χ1n) is 4.47. The molecule has 0 amide bonds. The van der Waals surface area contributed by atoms with Gasteiger partial charge in [-0.2, -0.15) is 0 Å². The molecule has 0 aliphatic rings. The molecule has 0 aromatic heterocycles. The quantitative estimate of drug-likeness (QED) is 0.620. The lowest BCUT2D eigenvalue weighted by atomic mass is 10.2. The van der Waals surface area contributed by atoms with Crippen LogP contribution < -0.4 is 4.43 Å². The lowest BCUT2D eigenvalue weighted by Crippen LogP contribution is -2.29. The first-order chi connectivity index (χ1) is 6.83. The van der Waals surface area contributed by atoms with Gasteiger partial charge in [-0.15, -0.1) is 0 Å². The number of hydrogen-bond acceptors (Lipinski definition) is 2. The van der Waals surface area contributed by atoms with Crippen LogP contribution >= 0.6 is 27.5 Å². The minimum Gasteiger partial charge on any atom is -0.544 e. The number of halogens is 2. The van der Waals surface area contributed by atoms with E-state index in [1.54, 1.807) is 12.1 Å². The van der Waals surface area contributed by atoms with Crippen LogP contribution in [0, 0.1) is 0 Å². The standard InChI is InChI=1S/C10H12BrClO2Si/c1-15(2,3)14-10-5-9(12)8(11)4-7(10)6-13/h4-6H,1-3H3. The second-order valence-corrected chi connectivity index (χ2v) is 9.83. The Bertz CT molecular complexity index is 388. The monoisotopic (exact) mass is 306 g/mol. The van der Waals surface area contributed by atoms with Gasteiger partial charge in [0, 0.05) is 4.47 Å². The van der Waals surface area contributed by atoms with E-state index in [0.717, 1.165) is 6.29 Å². The summed E-state index contributed by atoms with van der Waals surface area (Å²) in [4.78, 5) is 10.8. The summed E-state index contributed by atoms with van der Waals surface area (Å²) < 4.78 is 6.46. The minimum atomic E-state index is -1.72. The summed E-state index contributed by atoms with van der Waals surface area (Å²) in [7, 11) is -1.72. The largest absolute Gasteiger partial charge is 0.544 e. The predicted octanol–water partition coefficient (Wildman–Crippen LogP) is 4.13. The maximum atomic E-state index is 10.8. The van der Waals surface area contributed by atoms with Crippen molar-refractivity contribution in [2.45, 2.75) is 19.6 Å². The van der Waals surface area contributed by atoms with E-state index in [-0.39, 0.29) is 0 Å². The van der Waals surface area contributed by atoms with Gasteiger partial charge in [-0.3, -0.25) is 4.79 Å². The lowest BCUT2D eigenvalue weighted by molar-refractivity contribution is 0.112. The summed E-state index contributed by atoms with van der Waals surface area (Å²) >= 11 is 9.21. The normalized spacial score (nSPS) is 11.3. The molecule has 1 aromatic carbocycles. The first-order valence-corrected chi connectivity index (χ1v) is 9.04. The Kier molecular flexibility index (Phi) is 3.97. The van der Waals surface area contributed by atoms with Crippen molar-refractivity contribution in [1.82, 2.24) is 0 Å². The minimum absolute atomic E-state index is 0.522. The van der Waals surface area contributed by atoms with Gasteiger partial charge in [0.25, 0.3) is 0 Å². The number of benzene rings is 1. The van der Waals surface area contributed by atoms with Gasteiger partial charge in [-0.25, -0.2) is 0 Å². The van der Waals surface area contributed by atoms with Gasteiger partial charge in [0.2, 0.25) is 8.32 Å². The molecule has 0 heterocycles. The van der Waals surface area contributed by atoms with Gasteiger partial charge in [-0.05, 0) is 47.7 Å². The zero-order valence-electron chi connectivity index (χ0n) is 8.80. The van der Waals surface area contributed by atoms with Crippen LogP contribution in [0.3, 0.4) is 0 Å². The van der Waals surface area contributed by atoms with E-state index >= 15 is 0 Å². The van der Waals surface area contributed by atoms with E-state index in [9.17, 15) is 4.79 Å². The highest BCUT2D eigenvalue weighted by atomic mass is 79.9. The third kappa shape index (κ3) is 3.63. The third-order valence-corrected chi connectivity index (χ3v) is 3.63. The van der Waals surface area contributed by atoms with Crippen molar-refractivity contribution in [2.75, 3.05) is 0 Å². The maximum absolute atomic E-state index is 10.8. The van der Waals surface area contributed by atoms with Crippen LogP contribution in [0.1, 0.15) is 10.4 Å². The highest BCUT2D eigenvalue weighted by Gasteiger charge is 2.19. The van der Waals surface area contributed by atoms with Crippen LogP contribution in [0.15, 0.2) is 16.6 Å². The average molecular weight is 308 g/mol. The summed E-state index contributed by atoms with van der Waals surface area (Å²) in [6, 6.07) is 3.35. The average Bonchev–Trinajstić information content (AvgIpc) is 2.08. The fourth-order valence-electron chi connectivity index (χ4n) is 1.05. The molecule has 1 aromatic rings. The van der Waals surface area contributed by atoms with Crippen LogP contribution in [0.25, 0.3) is 0 Å². The molecule has 0 saturated carbocycles. The molecule has 0 spiro atoms. The molecule has 82 valence electrons. The fourth-order valence-corrected chi connectivity index (χ4v) is 2.41. The lowest BCUT2D eigenvalue weighted by Gasteiger charge is -2.20. The van der Waals surface area contributed by atoms with Crippen molar-refractivity contribution in [3.05, 3.63) is 27.2 Å². The Morgan fingerprint density at radius 1 is 1.40 bits per heavy atom. The zero-order chi connectivity index (χ0) is 11.6. The number of hydrogen-bond donors (Lipinski definition) is 0. The summed E-state index contributed by atoms with van der Waals surface area (Å²) in [6.45, 7) is 6.16. The molecule has 0 fully saturated rings. The van der Waals surface area contributed by atoms with E-state index in [2.05, 4.69) is 35.6 Å². The Morgan fingerprint density at radius 2 is 2.00 bits per heavy atom. The second-order valence-electron chi connectivity index (χ2n) is 4.14. The molecule has 15 heavy (non-hydrogen) atoms. The molecular weight excluding hydrogens is 296 g/mol. The summed E-state index contributed by atoms with van der Waals surface area (Å²) in [5.41, 5.74) is 0.522. The Hall–Kier alpha value is -0.323. The Balaban J connectivity index is 3.16. The molecule has 0 aliphatic heterocycles. The van der Waals surface area contributed by atoms with Crippen molar-refractivity contribution >= 4 is 42.1 Å². The van der Waals surface area contributed by atoms with Crippen LogP contribution in [0.5, 0.6) is 5.75 Å². The maximum Gasteiger partial charge on any atom is 0.242 e. The molecule has 0 bridgehead atoms. The predicted molar refractivity (Wildman–Crippen MR) is 68.5 cm³/mol. The summed E-state index contributed by atoms with van der Waals surface area (Å²) in [6.07, 6.45) is 0.774. The van der Waals surface area contributed by atoms with Gasteiger partial charge >= 0.3 is 0 Å². The smallest absolute Gasteiger partial charge is 0.242 e. The Labute approximate surface area is 104 Å². The molecule has 2 nitrogen and oxygen atoms in total. The number of rotatable bonds is 3. The van der Waals surface area contributed by atoms with E-state index in [1.165, 1.54) is 0 Å². The molecule has 0 aliphatic carbocycles. The van der Waals surface area contributed by atoms with E-state index in [1.807, 2.05) is 0 Å². The van der Waals surface area contributed by atoms with Gasteiger partial charge < -0.3 is 4.43 Å². The molecular formula is C10H12BrClO2Si. The number of carbonyl (C=O) groups excluding carboxylic acids is 1. The zero-order valence-corrected chi connectivity index (χ0v) is 12.1. The highest BCUT2D eigenvalue weighted by molar-refractivity contribution is 9.10. The molecule has 0 saturated heterocycles. The van der Waals surface area contributed by atoms with E-state index in [0.29, 0.717) is 20.8 Å². The fraction of sp³-hybridized carbons (Fsp3) is 0.300. The van der Waals surface area contributed by atoms with Crippen molar-refractivity contribution in [3.63, 3.8) is 0 Å². The van der Waals surface area contributed by atoms with Crippen molar-refractivity contribution in [1.29, 1.82) is 0 Å². The highest BCUT2D eigenvalue weighted by Crippen LogP contribution is 2.31. The summed E-state index contributed by atoms with van der Waals surface area (Å²) in [5, 5.41) is 0.550. The van der Waals surface area contributed by atoms with Gasteiger partial charge in [0.05, 0.1) is 10.6 Å². The second kappa shape index (κ2) is 4.68. The molecule has 0 N–H and O–H groups in total. The number of aldehydes is 1. The SMILES string of the molecule is C[Si](C)(C)Oc1cc(Cl)c(Br)cc1C=O. The first kappa shape index (κ1) is 12.7. The van der Waals surface area contributed by atoms with Gasteiger partial charge in [0.15, 0.2) is 6.29 Å². The van der Waals surface area contributed by atoms with Gasteiger partial charge in [0.1, 0.15) is 5.75 Å². The topological polar surface area (TPSA) is 26.3 Å². The number of carbonyl (C=O) groups is 1. The molecule has 0 atom stereocenters. The van der Waals surface area contributed by atoms with Crippen LogP contribution in [0.2, 0.25) is 24.7 Å². The van der Waals surface area contributed by atoms with Crippen molar-refractivity contribution in [2.24, 2.45) is 0 Å². The summed E-state index contributed by atoms with van der Waals surface area (Å²) in [5.74, 6) is 0.567. The van der Waals surface area contributed by atoms with Gasteiger partial charge in [-0.1, -0.05) is 11.6 Å². The molecule has 0 radical (unpaired) electrons. The van der Waals surface area contributed by atoms with Crippen molar-refractivity contribution < 1.29 is 9.22 Å². The molecule has 0 unspecified atom stereocenters. The Morgan fingerprint density at radius 3 is 2.47 bits per heavy atom.